The fourth-order valence-corrected chi connectivity index (χ4v) is 2.53. The Bertz CT molecular complexity index is 589. The predicted molar refractivity (Wildman–Crippen MR) is 79.3 cm³/mol. The van der Waals surface area contributed by atoms with Gasteiger partial charge in [-0.3, -0.25) is 4.68 Å². The average molecular weight is 275 g/mol. The van der Waals surface area contributed by atoms with E-state index in [1.807, 2.05) is 31.6 Å². The molecule has 0 spiro atoms. The lowest BCUT2D eigenvalue weighted by Gasteiger charge is -2.18. The molecule has 0 aliphatic carbocycles. The van der Waals surface area contributed by atoms with Crippen LogP contribution < -0.4 is 5.32 Å². The third-order valence-electron chi connectivity index (χ3n) is 3.67. The maximum absolute atomic E-state index is 13.4. The highest BCUT2D eigenvalue weighted by molar-refractivity contribution is 5.29. The number of aryl methyl sites for hydroxylation is 3. The first-order chi connectivity index (χ1) is 9.55. The van der Waals surface area contributed by atoms with Gasteiger partial charge in [0, 0.05) is 6.54 Å². The molecule has 0 bridgehead atoms. The van der Waals surface area contributed by atoms with Gasteiger partial charge < -0.3 is 5.32 Å². The third-order valence-corrected chi connectivity index (χ3v) is 3.67. The van der Waals surface area contributed by atoms with Crippen LogP contribution in [-0.2, 0) is 13.0 Å². The highest BCUT2D eigenvalue weighted by atomic mass is 19.1. The molecule has 1 heterocycles. The van der Waals surface area contributed by atoms with E-state index in [2.05, 4.69) is 23.4 Å². The van der Waals surface area contributed by atoms with Crippen molar-refractivity contribution < 1.29 is 4.39 Å². The summed E-state index contributed by atoms with van der Waals surface area (Å²) in [6.45, 7) is 6.93. The summed E-state index contributed by atoms with van der Waals surface area (Å²) in [5, 5.41) is 7.80. The van der Waals surface area contributed by atoms with E-state index in [1.165, 1.54) is 6.07 Å². The van der Waals surface area contributed by atoms with Gasteiger partial charge in [-0.25, -0.2) is 4.39 Å². The molecule has 0 saturated carbocycles. The topological polar surface area (TPSA) is 29.9 Å². The Balaban J connectivity index is 2.30. The fraction of sp³-hybridized carbons (Fsp3) is 0.438. The van der Waals surface area contributed by atoms with E-state index in [0.29, 0.717) is 0 Å². The first kappa shape index (κ1) is 14.7. The van der Waals surface area contributed by atoms with Crippen molar-refractivity contribution >= 4 is 0 Å². The zero-order valence-corrected chi connectivity index (χ0v) is 12.6. The molecule has 108 valence electrons. The van der Waals surface area contributed by atoms with E-state index in [1.54, 1.807) is 6.07 Å². The van der Waals surface area contributed by atoms with Crippen molar-refractivity contribution in [2.45, 2.75) is 39.8 Å². The van der Waals surface area contributed by atoms with Gasteiger partial charge in [-0.1, -0.05) is 6.07 Å². The molecule has 1 atom stereocenters. The summed E-state index contributed by atoms with van der Waals surface area (Å²) in [5.41, 5.74) is 4.31. The molecule has 1 N–H and O–H groups in total. The van der Waals surface area contributed by atoms with E-state index < -0.39 is 0 Å². The summed E-state index contributed by atoms with van der Waals surface area (Å²) in [4.78, 5) is 0. The van der Waals surface area contributed by atoms with Gasteiger partial charge in [-0.05, 0) is 63.6 Å². The van der Waals surface area contributed by atoms with Crippen LogP contribution in [0.5, 0.6) is 0 Å². The minimum absolute atomic E-state index is 0.136. The predicted octanol–water partition coefficient (Wildman–Crippen LogP) is 3.16. The van der Waals surface area contributed by atoms with Gasteiger partial charge in [0.05, 0.1) is 17.4 Å². The molecule has 0 radical (unpaired) electrons. The zero-order valence-electron chi connectivity index (χ0n) is 12.6. The molecule has 1 aromatic carbocycles. The van der Waals surface area contributed by atoms with E-state index in [9.17, 15) is 4.39 Å². The maximum Gasteiger partial charge on any atom is 0.123 e. The molecule has 20 heavy (non-hydrogen) atoms. The van der Waals surface area contributed by atoms with Crippen LogP contribution in [0.25, 0.3) is 0 Å². The highest BCUT2D eigenvalue weighted by Crippen LogP contribution is 2.22. The lowest BCUT2D eigenvalue weighted by Crippen LogP contribution is -2.22. The fourth-order valence-electron chi connectivity index (χ4n) is 2.53. The van der Waals surface area contributed by atoms with Crippen molar-refractivity contribution in [2.24, 2.45) is 0 Å². The van der Waals surface area contributed by atoms with E-state index in [4.69, 9.17) is 0 Å². The number of nitrogens with zero attached hydrogens (tertiary/aromatic N) is 2. The standard InChI is InChI=1S/C16H22FN3/c1-5-20-16(8-12(3)19-20)15(18-4)10-13-9-14(17)7-6-11(13)2/h6-9,15,18H,5,10H2,1-4H3. The van der Waals surface area contributed by atoms with Gasteiger partial charge in [0.25, 0.3) is 0 Å². The zero-order chi connectivity index (χ0) is 14.7. The van der Waals surface area contributed by atoms with Crippen LogP contribution in [0.2, 0.25) is 0 Å². The average Bonchev–Trinajstić information content (AvgIpc) is 2.80. The highest BCUT2D eigenvalue weighted by Gasteiger charge is 2.17. The summed E-state index contributed by atoms with van der Waals surface area (Å²) in [6.07, 6.45) is 0.755. The number of aromatic nitrogens is 2. The minimum Gasteiger partial charge on any atom is -0.311 e. The molecule has 3 nitrogen and oxygen atoms in total. The molecule has 1 aromatic heterocycles. The quantitative estimate of drug-likeness (QED) is 0.908. The van der Waals surface area contributed by atoms with Crippen LogP contribution in [0.1, 0.15) is 35.5 Å². The van der Waals surface area contributed by atoms with Gasteiger partial charge in [0.15, 0.2) is 0 Å². The lowest BCUT2D eigenvalue weighted by molar-refractivity contribution is 0.510. The Labute approximate surface area is 119 Å². The molecule has 0 aliphatic heterocycles. The summed E-state index contributed by atoms with van der Waals surface area (Å²) in [5.74, 6) is -0.180. The summed E-state index contributed by atoms with van der Waals surface area (Å²) in [6, 6.07) is 7.20. The van der Waals surface area contributed by atoms with Gasteiger partial charge in [-0.15, -0.1) is 0 Å². The Kier molecular flexibility index (Phi) is 4.55. The van der Waals surface area contributed by atoms with Crippen molar-refractivity contribution in [1.82, 2.24) is 15.1 Å². The Morgan fingerprint density at radius 2 is 2.05 bits per heavy atom. The SMILES string of the molecule is CCn1nc(C)cc1C(Cc1cc(F)ccc1C)NC. The largest absolute Gasteiger partial charge is 0.311 e. The molecular weight excluding hydrogens is 253 g/mol. The molecule has 2 rings (SSSR count). The van der Waals surface area contributed by atoms with Crippen LogP contribution in [0.15, 0.2) is 24.3 Å². The second-order valence-electron chi connectivity index (χ2n) is 5.14. The molecular formula is C16H22FN3. The monoisotopic (exact) mass is 275 g/mol. The number of likely N-dealkylation sites (N-methyl/N-ethyl adjacent to an activating group) is 1. The van der Waals surface area contributed by atoms with Crippen molar-refractivity contribution in [3.8, 4) is 0 Å². The number of hydrogen-bond acceptors (Lipinski definition) is 2. The van der Waals surface area contributed by atoms with Crippen LogP contribution in [0.4, 0.5) is 4.39 Å². The Morgan fingerprint density at radius 1 is 1.30 bits per heavy atom. The van der Waals surface area contributed by atoms with E-state index >= 15 is 0 Å². The maximum atomic E-state index is 13.4. The van der Waals surface area contributed by atoms with Gasteiger partial charge in [0.2, 0.25) is 0 Å². The summed E-state index contributed by atoms with van der Waals surface area (Å²) in [7, 11) is 1.93. The number of nitrogens with one attached hydrogen (secondary N) is 1. The smallest absolute Gasteiger partial charge is 0.123 e. The Hall–Kier alpha value is -1.68. The number of benzene rings is 1. The van der Waals surface area contributed by atoms with Crippen LogP contribution >= 0.6 is 0 Å². The van der Waals surface area contributed by atoms with Crippen LogP contribution in [-0.4, -0.2) is 16.8 Å². The summed E-state index contributed by atoms with van der Waals surface area (Å²) >= 11 is 0. The number of halogens is 1. The molecule has 4 heteroatoms. The normalized spacial score (nSPS) is 12.7. The molecule has 0 amide bonds. The van der Waals surface area contributed by atoms with E-state index in [-0.39, 0.29) is 11.9 Å². The second kappa shape index (κ2) is 6.18. The van der Waals surface area contributed by atoms with Crippen LogP contribution in [0.3, 0.4) is 0 Å². The number of hydrogen-bond donors (Lipinski definition) is 1. The van der Waals surface area contributed by atoms with E-state index in [0.717, 1.165) is 35.5 Å². The van der Waals surface area contributed by atoms with Gasteiger partial charge >= 0.3 is 0 Å². The van der Waals surface area contributed by atoms with Crippen LogP contribution in [0, 0.1) is 19.7 Å². The second-order valence-corrected chi connectivity index (χ2v) is 5.14. The molecule has 0 aliphatic rings. The van der Waals surface area contributed by atoms with Crippen molar-refractivity contribution in [1.29, 1.82) is 0 Å². The number of rotatable bonds is 5. The molecule has 1 unspecified atom stereocenters. The molecule has 0 fully saturated rings. The minimum atomic E-state index is -0.180. The lowest BCUT2D eigenvalue weighted by atomic mass is 9.99. The van der Waals surface area contributed by atoms with Gasteiger partial charge in [-0.2, -0.15) is 5.10 Å². The van der Waals surface area contributed by atoms with Gasteiger partial charge in [0.1, 0.15) is 5.82 Å². The first-order valence-electron chi connectivity index (χ1n) is 7.01. The molecule has 0 saturated heterocycles. The van der Waals surface area contributed by atoms with Crippen molar-refractivity contribution in [2.75, 3.05) is 7.05 Å². The van der Waals surface area contributed by atoms with Crippen molar-refractivity contribution in [3.05, 3.63) is 52.6 Å². The molecule has 2 aromatic rings. The Morgan fingerprint density at radius 3 is 2.70 bits per heavy atom. The van der Waals surface area contributed by atoms with Crippen molar-refractivity contribution in [3.63, 3.8) is 0 Å². The summed E-state index contributed by atoms with van der Waals surface area (Å²) < 4.78 is 15.4. The third kappa shape index (κ3) is 3.07. The first-order valence-corrected chi connectivity index (χ1v) is 7.01.